The Kier molecular flexibility index (Phi) is 3.38. The number of hydrogen-bond donors (Lipinski definition) is 0. The van der Waals surface area contributed by atoms with Gasteiger partial charge in [0.1, 0.15) is 6.04 Å². The standard InChI is InChI=1S/C15H19N3OS/c1-10-8-11(2)18(16-10)12(3)15(19)17-6-4-14-13(9-17)5-7-20-14/h5,7-8,12H,4,6,9H2,1-3H3. The van der Waals surface area contributed by atoms with Crippen LogP contribution in [0.2, 0.25) is 0 Å². The summed E-state index contributed by atoms with van der Waals surface area (Å²) in [5, 5.41) is 6.55. The molecule has 1 unspecified atom stereocenters. The second-order valence-corrected chi connectivity index (χ2v) is 6.43. The third-order valence-corrected chi connectivity index (χ3v) is 4.91. The molecule has 5 heteroatoms. The highest BCUT2D eigenvalue weighted by Gasteiger charge is 2.27. The van der Waals surface area contributed by atoms with Crippen LogP contribution < -0.4 is 0 Å². The molecule has 1 aliphatic heterocycles. The molecule has 0 fully saturated rings. The lowest BCUT2D eigenvalue weighted by atomic mass is 10.1. The van der Waals surface area contributed by atoms with Crippen molar-refractivity contribution in [2.75, 3.05) is 6.54 Å². The Hall–Kier alpha value is -1.62. The van der Waals surface area contributed by atoms with Crippen LogP contribution in [0.3, 0.4) is 0 Å². The summed E-state index contributed by atoms with van der Waals surface area (Å²) < 4.78 is 1.83. The minimum Gasteiger partial charge on any atom is -0.336 e. The molecular formula is C15H19N3OS. The average molecular weight is 289 g/mol. The van der Waals surface area contributed by atoms with Crippen LogP contribution in [0.4, 0.5) is 0 Å². The summed E-state index contributed by atoms with van der Waals surface area (Å²) in [4.78, 5) is 16.0. The molecule has 0 saturated carbocycles. The van der Waals surface area contributed by atoms with Crippen molar-refractivity contribution in [1.29, 1.82) is 0 Å². The van der Waals surface area contributed by atoms with E-state index < -0.39 is 0 Å². The molecule has 0 saturated heterocycles. The van der Waals surface area contributed by atoms with Crippen molar-refractivity contribution in [1.82, 2.24) is 14.7 Å². The molecule has 20 heavy (non-hydrogen) atoms. The van der Waals surface area contributed by atoms with E-state index in [1.807, 2.05) is 36.4 Å². The fourth-order valence-electron chi connectivity index (χ4n) is 2.84. The average Bonchev–Trinajstić information content (AvgIpc) is 3.02. The molecule has 1 atom stereocenters. The second kappa shape index (κ2) is 5.05. The highest BCUT2D eigenvalue weighted by molar-refractivity contribution is 7.10. The van der Waals surface area contributed by atoms with Gasteiger partial charge in [0.2, 0.25) is 5.91 Å². The van der Waals surface area contributed by atoms with Crippen LogP contribution >= 0.6 is 11.3 Å². The number of fused-ring (bicyclic) bond motifs is 1. The maximum absolute atomic E-state index is 12.7. The zero-order valence-corrected chi connectivity index (χ0v) is 12.9. The van der Waals surface area contributed by atoms with Gasteiger partial charge in [0.25, 0.3) is 0 Å². The number of rotatable bonds is 2. The summed E-state index contributed by atoms with van der Waals surface area (Å²) in [5.74, 6) is 0.160. The zero-order valence-electron chi connectivity index (χ0n) is 12.1. The van der Waals surface area contributed by atoms with Crippen LogP contribution in [0.1, 0.15) is 34.8 Å². The van der Waals surface area contributed by atoms with Crippen molar-refractivity contribution >= 4 is 17.2 Å². The first-order valence-electron chi connectivity index (χ1n) is 6.93. The SMILES string of the molecule is Cc1cc(C)n(C(C)C(=O)N2CCc3sccc3C2)n1. The number of nitrogens with zero attached hydrogens (tertiary/aromatic N) is 3. The number of aryl methyl sites for hydroxylation is 2. The van der Waals surface area contributed by atoms with Gasteiger partial charge in [-0.15, -0.1) is 11.3 Å². The van der Waals surface area contributed by atoms with Gasteiger partial charge in [-0.2, -0.15) is 5.10 Å². The molecule has 0 spiro atoms. The number of thiophene rings is 1. The van der Waals surface area contributed by atoms with E-state index in [0.717, 1.165) is 30.9 Å². The third kappa shape index (κ3) is 2.26. The zero-order chi connectivity index (χ0) is 14.3. The maximum atomic E-state index is 12.7. The molecule has 3 rings (SSSR count). The van der Waals surface area contributed by atoms with Crippen molar-refractivity contribution in [2.45, 2.75) is 39.8 Å². The highest BCUT2D eigenvalue weighted by atomic mass is 32.1. The number of aromatic nitrogens is 2. The first-order chi connectivity index (χ1) is 9.56. The topological polar surface area (TPSA) is 38.1 Å². The van der Waals surface area contributed by atoms with Gasteiger partial charge in [-0.1, -0.05) is 0 Å². The van der Waals surface area contributed by atoms with Crippen LogP contribution in [0, 0.1) is 13.8 Å². The molecule has 2 aromatic rings. The lowest BCUT2D eigenvalue weighted by molar-refractivity contribution is -0.135. The van der Waals surface area contributed by atoms with E-state index in [2.05, 4.69) is 16.5 Å². The number of hydrogen-bond acceptors (Lipinski definition) is 3. The van der Waals surface area contributed by atoms with Crippen molar-refractivity contribution < 1.29 is 4.79 Å². The Bertz CT molecular complexity index is 643. The molecule has 0 bridgehead atoms. The summed E-state index contributed by atoms with van der Waals surface area (Å²) in [7, 11) is 0. The fourth-order valence-corrected chi connectivity index (χ4v) is 3.73. The van der Waals surface area contributed by atoms with Gasteiger partial charge in [-0.3, -0.25) is 9.48 Å². The van der Waals surface area contributed by atoms with Crippen molar-refractivity contribution in [3.63, 3.8) is 0 Å². The van der Waals surface area contributed by atoms with E-state index in [0.29, 0.717) is 0 Å². The first-order valence-corrected chi connectivity index (χ1v) is 7.81. The molecule has 2 aromatic heterocycles. The summed E-state index contributed by atoms with van der Waals surface area (Å²) in [6, 6.07) is 3.91. The van der Waals surface area contributed by atoms with E-state index in [9.17, 15) is 4.79 Å². The van der Waals surface area contributed by atoms with Gasteiger partial charge in [0.05, 0.1) is 5.69 Å². The molecule has 0 radical (unpaired) electrons. The monoisotopic (exact) mass is 289 g/mol. The molecule has 0 aliphatic carbocycles. The van der Waals surface area contributed by atoms with E-state index in [4.69, 9.17) is 0 Å². The number of carbonyl (C=O) groups excluding carboxylic acids is 1. The van der Waals surface area contributed by atoms with E-state index in [-0.39, 0.29) is 11.9 Å². The Labute approximate surface area is 123 Å². The molecular weight excluding hydrogens is 270 g/mol. The predicted octanol–water partition coefficient (Wildman–Crippen LogP) is 2.71. The molecule has 0 aromatic carbocycles. The number of carbonyl (C=O) groups is 1. The molecule has 1 aliphatic rings. The van der Waals surface area contributed by atoms with Gasteiger partial charge in [0, 0.05) is 23.7 Å². The lowest BCUT2D eigenvalue weighted by Gasteiger charge is -2.29. The molecule has 3 heterocycles. The van der Waals surface area contributed by atoms with E-state index in [1.165, 1.54) is 10.4 Å². The van der Waals surface area contributed by atoms with E-state index in [1.54, 1.807) is 11.3 Å². The van der Waals surface area contributed by atoms with Gasteiger partial charge < -0.3 is 4.90 Å². The first kappa shape index (κ1) is 13.4. The summed E-state index contributed by atoms with van der Waals surface area (Å²) >= 11 is 1.79. The van der Waals surface area contributed by atoms with Crippen molar-refractivity contribution in [2.24, 2.45) is 0 Å². The van der Waals surface area contributed by atoms with Crippen LogP contribution in [0.25, 0.3) is 0 Å². The van der Waals surface area contributed by atoms with E-state index >= 15 is 0 Å². The smallest absolute Gasteiger partial charge is 0.247 e. The summed E-state index contributed by atoms with van der Waals surface area (Å²) in [6.07, 6.45) is 0.975. The van der Waals surface area contributed by atoms with Crippen molar-refractivity contribution in [3.8, 4) is 0 Å². The van der Waals surface area contributed by atoms with Crippen molar-refractivity contribution in [3.05, 3.63) is 39.3 Å². The van der Waals surface area contributed by atoms with Crippen LogP contribution in [0.5, 0.6) is 0 Å². The Morgan fingerprint density at radius 2 is 2.25 bits per heavy atom. The van der Waals surface area contributed by atoms with Gasteiger partial charge in [0.15, 0.2) is 0 Å². The summed E-state index contributed by atoms with van der Waals surface area (Å²) in [6.45, 7) is 7.44. The molecule has 0 N–H and O–H groups in total. The van der Waals surface area contributed by atoms with Crippen LogP contribution in [-0.4, -0.2) is 27.1 Å². The van der Waals surface area contributed by atoms with Gasteiger partial charge in [-0.25, -0.2) is 0 Å². The molecule has 1 amide bonds. The van der Waals surface area contributed by atoms with Gasteiger partial charge in [-0.05, 0) is 50.3 Å². The minimum absolute atomic E-state index is 0.160. The third-order valence-electron chi connectivity index (χ3n) is 3.89. The summed E-state index contributed by atoms with van der Waals surface area (Å²) in [5.41, 5.74) is 3.30. The Morgan fingerprint density at radius 3 is 2.95 bits per heavy atom. The quantitative estimate of drug-likeness (QED) is 0.852. The number of amides is 1. The second-order valence-electron chi connectivity index (χ2n) is 5.43. The van der Waals surface area contributed by atoms with Gasteiger partial charge >= 0.3 is 0 Å². The fraction of sp³-hybridized carbons (Fsp3) is 0.467. The van der Waals surface area contributed by atoms with Crippen LogP contribution in [-0.2, 0) is 17.8 Å². The Balaban J connectivity index is 1.78. The largest absolute Gasteiger partial charge is 0.336 e. The molecule has 106 valence electrons. The molecule has 4 nitrogen and oxygen atoms in total. The predicted molar refractivity (Wildman–Crippen MR) is 79.9 cm³/mol. The maximum Gasteiger partial charge on any atom is 0.247 e. The highest BCUT2D eigenvalue weighted by Crippen LogP contribution is 2.25. The lowest BCUT2D eigenvalue weighted by Crippen LogP contribution is -2.39. The Morgan fingerprint density at radius 1 is 1.45 bits per heavy atom. The minimum atomic E-state index is -0.233. The normalized spacial score (nSPS) is 16.1. The van der Waals surface area contributed by atoms with Crippen LogP contribution in [0.15, 0.2) is 17.5 Å².